The fourth-order valence-electron chi connectivity index (χ4n) is 3.84. The summed E-state index contributed by atoms with van der Waals surface area (Å²) in [7, 11) is 3.49. The molecule has 0 aliphatic heterocycles. The molecule has 2 aromatic rings. The quantitative estimate of drug-likeness (QED) is 0.215. The maximum Gasteiger partial charge on any atom is 0.308 e. The number of hydrogen-bond donors (Lipinski definition) is 2. The van der Waals surface area contributed by atoms with Gasteiger partial charge in [-0.2, -0.15) is 5.26 Å². The monoisotopic (exact) mass is 507 g/mol. The molecule has 198 valence electrons. The molecule has 3 atom stereocenters. The predicted molar refractivity (Wildman–Crippen MR) is 143 cm³/mol. The molecule has 37 heavy (non-hydrogen) atoms. The minimum Gasteiger partial charge on any atom is -0.426 e. The van der Waals surface area contributed by atoms with E-state index in [-0.39, 0.29) is 18.0 Å². The number of carbonyl (C=O) groups is 2. The average Bonchev–Trinajstić information content (AvgIpc) is 2.88. The van der Waals surface area contributed by atoms with Crippen LogP contribution in [0.2, 0.25) is 0 Å². The first kappa shape index (κ1) is 29.7. The van der Waals surface area contributed by atoms with E-state index in [0.29, 0.717) is 38.2 Å². The number of benzene rings is 2. The zero-order valence-corrected chi connectivity index (χ0v) is 22.1. The number of carbonyl (C=O) groups excluding carboxylic acids is 2. The molecule has 0 aromatic heterocycles. The molecule has 2 N–H and O–H groups in total. The average molecular weight is 508 g/mol. The van der Waals surface area contributed by atoms with E-state index in [4.69, 9.17) is 14.2 Å². The van der Waals surface area contributed by atoms with Gasteiger partial charge in [-0.1, -0.05) is 36.4 Å². The van der Waals surface area contributed by atoms with Crippen molar-refractivity contribution in [1.82, 2.24) is 10.6 Å². The highest BCUT2D eigenvalue weighted by Crippen LogP contribution is 2.27. The van der Waals surface area contributed by atoms with Gasteiger partial charge in [0.15, 0.2) is 0 Å². The van der Waals surface area contributed by atoms with E-state index >= 15 is 0 Å². The standard InChI is InChI=1S/C29H37N3O5/c1-6-7-28(36-15-14-26(35-5)19-31-4)29(34)32-25(18-30)17-22-8-10-23(11-9-22)24-12-13-27(20(2)16-24)37-21(3)33/h6,8-13,16,25-26,28,31H,1,7,14-15,17,19H2,2-5H3,(H,32,34)/t25-,26+,28-/m0/s1. The van der Waals surface area contributed by atoms with Crippen molar-refractivity contribution in [3.05, 3.63) is 66.2 Å². The first-order chi connectivity index (χ1) is 17.8. The van der Waals surface area contributed by atoms with Crippen LogP contribution in [0, 0.1) is 18.3 Å². The van der Waals surface area contributed by atoms with Gasteiger partial charge < -0.3 is 24.8 Å². The Morgan fingerprint density at radius 2 is 1.86 bits per heavy atom. The molecule has 0 fully saturated rings. The molecule has 0 aliphatic rings. The molecular formula is C29H37N3O5. The zero-order chi connectivity index (χ0) is 27.2. The molecule has 0 radical (unpaired) electrons. The van der Waals surface area contributed by atoms with Crippen LogP contribution in [0.5, 0.6) is 5.75 Å². The third-order valence-electron chi connectivity index (χ3n) is 5.83. The van der Waals surface area contributed by atoms with Gasteiger partial charge in [0.05, 0.1) is 18.8 Å². The van der Waals surface area contributed by atoms with E-state index in [2.05, 4.69) is 23.3 Å². The van der Waals surface area contributed by atoms with Crippen LogP contribution in [0.25, 0.3) is 11.1 Å². The number of aryl methyl sites for hydroxylation is 1. The van der Waals surface area contributed by atoms with Crippen molar-refractivity contribution < 1.29 is 23.8 Å². The molecule has 0 bridgehead atoms. The molecule has 8 nitrogen and oxygen atoms in total. The third-order valence-corrected chi connectivity index (χ3v) is 5.83. The molecule has 2 rings (SSSR count). The van der Waals surface area contributed by atoms with Crippen molar-refractivity contribution >= 4 is 11.9 Å². The summed E-state index contributed by atoms with van der Waals surface area (Å²) >= 11 is 0. The summed E-state index contributed by atoms with van der Waals surface area (Å²) in [6.07, 6.45) is 2.24. The minimum atomic E-state index is -0.721. The molecule has 0 spiro atoms. The van der Waals surface area contributed by atoms with Crippen LogP contribution in [0.1, 0.15) is 30.9 Å². The fourth-order valence-corrected chi connectivity index (χ4v) is 3.84. The van der Waals surface area contributed by atoms with Crippen LogP contribution in [0.3, 0.4) is 0 Å². The number of amides is 1. The van der Waals surface area contributed by atoms with Gasteiger partial charge in [0, 0.05) is 33.4 Å². The summed E-state index contributed by atoms with van der Waals surface area (Å²) in [4.78, 5) is 24.0. The summed E-state index contributed by atoms with van der Waals surface area (Å²) < 4.78 is 16.4. The zero-order valence-electron chi connectivity index (χ0n) is 22.1. The molecule has 0 saturated heterocycles. The molecule has 0 saturated carbocycles. The van der Waals surface area contributed by atoms with Crippen molar-refractivity contribution in [2.24, 2.45) is 0 Å². The number of nitrogens with one attached hydrogen (secondary N) is 2. The number of ether oxygens (including phenoxy) is 3. The Morgan fingerprint density at radius 1 is 1.16 bits per heavy atom. The van der Waals surface area contributed by atoms with Crippen molar-refractivity contribution in [3.8, 4) is 22.9 Å². The van der Waals surface area contributed by atoms with Crippen molar-refractivity contribution in [2.75, 3.05) is 27.3 Å². The van der Waals surface area contributed by atoms with Crippen LogP contribution < -0.4 is 15.4 Å². The van der Waals surface area contributed by atoms with Gasteiger partial charge in [-0.05, 0) is 54.8 Å². The largest absolute Gasteiger partial charge is 0.426 e. The number of nitriles is 1. The number of likely N-dealkylation sites (N-methyl/N-ethyl adjacent to an activating group) is 1. The number of methoxy groups -OCH3 is 1. The second kappa shape index (κ2) is 15.6. The lowest BCUT2D eigenvalue weighted by atomic mass is 9.99. The second-order valence-corrected chi connectivity index (χ2v) is 8.75. The second-order valence-electron chi connectivity index (χ2n) is 8.75. The highest BCUT2D eigenvalue weighted by atomic mass is 16.5. The van der Waals surface area contributed by atoms with E-state index in [1.165, 1.54) is 6.92 Å². The smallest absolute Gasteiger partial charge is 0.308 e. The van der Waals surface area contributed by atoms with Crippen molar-refractivity contribution in [1.29, 1.82) is 5.26 Å². The van der Waals surface area contributed by atoms with Crippen molar-refractivity contribution in [3.63, 3.8) is 0 Å². The van der Waals surface area contributed by atoms with Gasteiger partial charge in [0.1, 0.15) is 17.9 Å². The van der Waals surface area contributed by atoms with Crippen LogP contribution in [-0.4, -0.2) is 57.4 Å². The van der Waals surface area contributed by atoms with E-state index in [9.17, 15) is 14.9 Å². The lowest BCUT2D eigenvalue weighted by molar-refractivity contribution is -0.133. The first-order valence-electron chi connectivity index (χ1n) is 12.3. The Balaban J connectivity index is 1.98. The summed E-state index contributed by atoms with van der Waals surface area (Å²) in [5, 5.41) is 15.5. The molecule has 2 aromatic carbocycles. The van der Waals surface area contributed by atoms with Gasteiger partial charge in [-0.15, -0.1) is 6.58 Å². The molecule has 0 aliphatic carbocycles. The molecular weight excluding hydrogens is 470 g/mol. The van der Waals surface area contributed by atoms with Gasteiger partial charge >= 0.3 is 5.97 Å². The van der Waals surface area contributed by atoms with Crippen molar-refractivity contribution in [2.45, 2.75) is 51.4 Å². The number of hydrogen-bond acceptors (Lipinski definition) is 7. The van der Waals surface area contributed by atoms with Gasteiger partial charge in [0.2, 0.25) is 5.91 Å². The SMILES string of the molecule is C=CC[C@H](OCC[C@H](CNC)OC)C(=O)N[C@H](C#N)Cc1ccc(-c2ccc(OC(C)=O)c(C)c2)cc1. The van der Waals surface area contributed by atoms with Gasteiger partial charge in [-0.25, -0.2) is 0 Å². The van der Waals surface area contributed by atoms with Gasteiger partial charge in [-0.3, -0.25) is 9.59 Å². The number of esters is 1. The Bertz CT molecular complexity index is 1080. The normalized spacial score (nSPS) is 13.2. The summed E-state index contributed by atoms with van der Waals surface area (Å²) in [5.74, 6) is -0.157. The minimum absolute atomic E-state index is 0.0111. The maximum atomic E-state index is 12.8. The van der Waals surface area contributed by atoms with E-state index in [1.54, 1.807) is 19.3 Å². The molecule has 8 heteroatoms. The maximum absolute atomic E-state index is 12.8. The lowest BCUT2D eigenvalue weighted by Gasteiger charge is -2.20. The lowest BCUT2D eigenvalue weighted by Crippen LogP contribution is -2.43. The molecule has 0 heterocycles. The molecule has 0 unspecified atom stereocenters. The van der Waals surface area contributed by atoms with Gasteiger partial charge in [0.25, 0.3) is 0 Å². The number of rotatable bonds is 15. The highest BCUT2D eigenvalue weighted by Gasteiger charge is 2.22. The van der Waals surface area contributed by atoms with Crippen LogP contribution >= 0.6 is 0 Å². The van der Waals surface area contributed by atoms with Crippen LogP contribution in [0.15, 0.2) is 55.1 Å². The summed E-state index contributed by atoms with van der Waals surface area (Å²) in [6.45, 7) is 8.01. The molecule has 1 amide bonds. The van der Waals surface area contributed by atoms with E-state index in [1.807, 2.05) is 50.4 Å². The van der Waals surface area contributed by atoms with E-state index < -0.39 is 12.1 Å². The summed E-state index contributed by atoms with van der Waals surface area (Å²) in [6, 6.07) is 14.9. The summed E-state index contributed by atoms with van der Waals surface area (Å²) in [5.41, 5.74) is 3.76. The van der Waals surface area contributed by atoms with E-state index in [0.717, 1.165) is 22.3 Å². The fraction of sp³-hybridized carbons (Fsp3) is 0.414. The Labute approximate surface area is 219 Å². The topological polar surface area (TPSA) is 110 Å². The third kappa shape index (κ3) is 9.81. The van der Waals surface area contributed by atoms with Crippen LogP contribution in [-0.2, 0) is 25.5 Å². The number of nitrogens with zero attached hydrogens (tertiary/aromatic N) is 1. The predicted octanol–water partition coefficient (Wildman–Crippen LogP) is 3.72. The Morgan fingerprint density at radius 3 is 2.43 bits per heavy atom. The Kier molecular flexibility index (Phi) is 12.5. The van der Waals surface area contributed by atoms with Crippen LogP contribution in [0.4, 0.5) is 0 Å². The highest BCUT2D eigenvalue weighted by molar-refractivity contribution is 5.81. The first-order valence-corrected chi connectivity index (χ1v) is 12.3. The Hall–Kier alpha value is -3.51.